The summed E-state index contributed by atoms with van der Waals surface area (Å²) >= 11 is 1.54. The summed E-state index contributed by atoms with van der Waals surface area (Å²) in [6, 6.07) is 7.05. The molecule has 162 valence electrons. The van der Waals surface area contributed by atoms with E-state index in [0.717, 1.165) is 20.6 Å². The Morgan fingerprint density at radius 3 is 2.74 bits per heavy atom. The van der Waals surface area contributed by atoms with E-state index in [1.165, 1.54) is 0 Å². The van der Waals surface area contributed by atoms with E-state index in [9.17, 15) is 5.11 Å². The molecule has 4 aromatic rings. The van der Waals surface area contributed by atoms with E-state index in [-0.39, 0.29) is 17.3 Å². The van der Waals surface area contributed by atoms with E-state index in [1.54, 1.807) is 17.4 Å². The summed E-state index contributed by atoms with van der Waals surface area (Å²) in [5, 5.41) is 24.6. The lowest BCUT2D eigenvalue weighted by Gasteiger charge is -2.49. The van der Waals surface area contributed by atoms with Gasteiger partial charge in [0.1, 0.15) is 11.9 Å². The van der Waals surface area contributed by atoms with Crippen LogP contribution in [0.2, 0.25) is 0 Å². The number of nitrogens with zero attached hydrogens (tertiary/aromatic N) is 4. The summed E-state index contributed by atoms with van der Waals surface area (Å²) in [6.07, 6.45) is 1.47. The van der Waals surface area contributed by atoms with Crippen LogP contribution in [0.4, 0.5) is 4.39 Å². The maximum atomic E-state index is 15.4. The highest BCUT2D eigenvalue weighted by Gasteiger charge is 2.47. The standard InChI is InChI=1S/C23H26FN5OS/c1-12-25-16-9-14(18(30)10-19(16)31-12)15-8-13-6-7-29(21(13)27-26-15)17-11-22(2,3)28-23(4,5)20(17)24/h6-10,17,20,28,30H,11H2,1-5H3/t17-,20-/m0/s1. The Balaban J connectivity index is 1.57. The number of hydrogen-bond acceptors (Lipinski definition) is 6. The number of aromatic hydroxyl groups is 1. The average Bonchev–Trinajstić information content (AvgIpc) is 3.24. The molecule has 0 aliphatic carbocycles. The lowest BCUT2D eigenvalue weighted by Crippen LogP contribution is -2.64. The molecule has 0 amide bonds. The van der Waals surface area contributed by atoms with Gasteiger partial charge in [0, 0.05) is 34.3 Å². The number of aryl methyl sites for hydroxylation is 1. The molecule has 1 aliphatic heterocycles. The van der Waals surface area contributed by atoms with Crippen LogP contribution in [0, 0.1) is 6.92 Å². The molecule has 2 N–H and O–H groups in total. The molecule has 0 radical (unpaired) electrons. The molecule has 1 fully saturated rings. The van der Waals surface area contributed by atoms with Gasteiger partial charge < -0.3 is 15.0 Å². The van der Waals surface area contributed by atoms with E-state index < -0.39 is 11.7 Å². The molecule has 4 heterocycles. The van der Waals surface area contributed by atoms with Crippen LogP contribution < -0.4 is 5.32 Å². The SMILES string of the molecule is Cc1nc2cc(-c3cc4ccn([C@H]5CC(C)(C)NC(C)(C)[C@H]5F)c4nn3)c(O)cc2s1. The number of rotatable bonds is 2. The molecule has 0 saturated carbocycles. The molecule has 1 aromatic carbocycles. The first-order valence-electron chi connectivity index (χ1n) is 10.4. The van der Waals surface area contributed by atoms with Gasteiger partial charge in [0.05, 0.1) is 27.0 Å². The molecule has 1 aliphatic rings. The minimum absolute atomic E-state index is 0.148. The Kier molecular flexibility index (Phi) is 4.40. The van der Waals surface area contributed by atoms with Gasteiger partial charge in [0.2, 0.25) is 0 Å². The first-order valence-corrected chi connectivity index (χ1v) is 11.2. The maximum Gasteiger partial charge on any atom is 0.162 e. The number of aromatic nitrogens is 4. The molecular formula is C23H26FN5OS. The predicted molar refractivity (Wildman–Crippen MR) is 122 cm³/mol. The van der Waals surface area contributed by atoms with Crippen molar-refractivity contribution in [3.8, 4) is 17.0 Å². The Morgan fingerprint density at radius 2 is 1.97 bits per heavy atom. The molecule has 0 spiro atoms. The summed E-state index contributed by atoms with van der Waals surface area (Å²) < 4.78 is 18.3. The second-order valence-electron chi connectivity index (χ2n) is 9.71. The number of nitrogens with one attached hydrogen (secondary N) is 1. The van der Waals surface area contributed by atoms with E-state index in [0.29, 0.717) is 23.3 Å². The van der Waals surface area contributed by atoms with Crippen molar-refractivity contribution in [2.24, 2.45) is 0 Å². The Bertz CT molecular complexity index is 1310. The lowest BCUT2D eigenvalue weighted by atomic mass is 9.78. The van der Waals surface area contributed by atoms with Gasteiger partial charge in [-0.3, -0.25) is 0 Å². The van der Waals surface area contributed by atoms with Gasteiger partial charge in [-0.15, -0.1) is 21.5 Å². The highest BCUT2D eigenvalue weighted by atomic mass is 32.1. The topological polar surface area (TPSA) is 75.9 Å². The summed E-state index contributed by atoms with van der Waals surface area (Å²) in [5.74, 6) is 0.148. The molecule has 3 aromatic heterocycles. The van der Waals surface area contributed by atoms with Gasteiger partial charge in [-0.05, 0) is 59.2 Å². The zero-order valence-electron chi connectivity index (χ0n) is 18.3. The summed E-state index contributed by atoms with van der Waals surface area (Å²) in [4.78, 5) is 4.51. The zero-order valence-corrected chi connectivity index (χ0v) is 19.1. The van der Waals surface area contributed by atoms with Crippen molar-refractivity contribution in [3.63, 3.8) is 0 Å². The first-order chi connectivity index (χ1) is 14.5. The molecule has 0 unspecified atom stereocenters. The zero-order chi connectivity index (χ0) is 22.1. The fourth-order valence-corrected chi connectivity index (χ4v) is 5.82. The summed E-state index contributed by atoms with van der Waals surface area (Å²) in [5.41, 5.74) is 1.78. The molecule has 1 saturated heterocycles. The fraction of sp³-hybridized carbons (Fsp3) is 0.435. The van der Waals surface area contributed by atoms with E-state index >= 15 is 4.39 Å². The van der Waals surface area contributed by atoms with Gasteiger partial charge in [-0.25, -0.2) is 9.37 Å². The summed E-state index contributed by atoms with van der Waals surface area (Å²) in [6.45, 7) is 9.95. The third kappa shape index (κ3) is 3.38. The van der Waals surface area contributed by atoms with Crippen molar-refractivity contribution in [3.05, 3.63) is 35.5 Å². The Labute approximate surface area is 184 Å². The number of thiazole rings is 1. The van der Waals surface area contributed by atoms with Crippen molar-refractivity contribution in [2.75, 3.05) is 0 Å². The molecule has 0 bridgehead atoms. The van der Waals surface area contributed by atoms with Gasteiger partial charge >= 0.3 is 0 Å². The molecule has 8 heteroatoms. The largest absolute Gasteiger partial charge is 0.507 e. The van der Waals surface area contributed by atoms with Crippen molar-refractivity contribution in [2.45, 2.75) is 64.3 Å². The summed E-state index contributed by atoms with van der Waals surface area (Å²) in [7, 11) is 0. The third-order valence-corrected chi connectivity index (χ3v) is 7.05. The normalized spacial score (nSPS) is 22.9. The van der Waals surface area contributed by atoms with E-state index in [4.69, 9.17) is 0 Å². The van der Waals surface area contributed by atoms with Gasteiger partial charge in [-0.2, -0.15) is 0 Å². The number of benzene rings is 1. The fourth-order valence-electron chi connectivity index (χ4n) is 4.98. The van der Waals surface area contributed by atoms with Crippen molar-refractivity contribution < 1.29 is 9.50 Å². The van der Waals surface area contributed by atoms with Crippen molar-refractivity contribution >= 4 is 32.6 Å². The predicted octanol–water partition coefficient (Wildman–Crippen LogP) is 5.15. The lowest BCUT2D eigenvalue weighted by molar-refractivity contribution is 0.0313. The molecular weight excluding hydrogens is 413 g/mol. The number of hydrogen-bond donors (Lipinski definition) is 2. The highest BCUT2D eigenvalue weighted by Crippen LogP contribution is 2.40. The van der Waals surface area contributed by atoms with Gasteiger partial charge in [0.15, 0.2) is 5.65 Å². The van der Waals surface area contributed by atoms with Crippen LogP contribution in [0.1, 0.15) is 45.2 Å². The van der Waals surface area contributed by atoms with E-state index in [1.807, 2.05) is 49.7 Å². The average molecular weight is 440 g/mol. The maximum absolute atomic E-state index is 15.4. The van der Waals surface area contributed by atoms with E-state index in [2.05, 4.69) is 34.3 Å². The quantitative estimate of drug-likeness (QED) is 0.452. The molecule has 5 rings (SSSR count). The van der Waals surface area contributed by atoms with Crippen LogP contribution in [0.15, 0.2) is 30.5 Å². The van der Waals surface area contributed by atoms with Crippen LogP contribution in [0.3, 0.4) is 0 Å². The number of phenols is 1. The van der Waals surface area contributed by atoms with Crippen molar-refractivity contribution in [1.29, 1.82) is 0 Å². The number of fused-ring (bicyclic) bond motifs is 2. The van der Waals surface area contributed by atoms with Crippen molar-refractivity contribution in [1.82, 2.24) is 25.1 Å². The van der Waals surface area contributed by atoms with Crippen LogP contribution >= 0.6 is 11.3 Å². The molecule has 31 heavy (non-hydrogen) atoms. The minimum atomic E-state index is -1.07. The molecule has 2 atom stereocenters. The van der Waals surface area contributed by atoms with Crippen LogP contribution in [0.25, 0.3) is 32.5 Å². The number of halogens is 1. The second kappa shape index (κ2) is 6.71. The minimum Gasteiger partial charge on any atom is -0.507 e. The van der Waals surface area contributed by atoms with Crippen LogP contribution in [0.5, 0.6) is 5.75 Å². The highest BCUT2D eigenvalue weighted by molar-refractivity contribution is 7.18. The third-order valence-electron chi connectivity index (χ3n) is 6.12. The molecule has 6 nitrogen and oxygen atoms in total. The van der Waals surface area contributed by atoms with Crippen LogP contribution in [-0.4, -0.2) is 42.1 Å². The second-order valence-corrected chi connectivity index (χ2v) is 10.9. The smallest absolute Gasteiger partial charge is 0.162 e. The number of piperidine rings is 1. The monoisotopic (exact) mass is 439 g/mol. The number of phenolic OH excluding ortho intramolecular Hbond substituents is 1. The van der Waals surface area contributed by atoms with Gasteiger partial charge in [-0.1, -0.05) is 0 Å². The first kappa shape index (κ1) is 20.3. The Morgan fingerprint density at radius 1 is 1.19 bits per heavy atom. The Hall–Kier alpha value is -2.58. The van der Waals surface area contributed by atoms with Gasteiger partial charge in [0.25, 0.3) is 0 Å². The van der Waals surface area contributed by atoms with Crippen LogP contribution in [-0.2, 0) is 0 Å². The number of alkyl halides is 1.